The fourth-order valence-corrected chi connectivity index (χ4v) is 4.47. The standard InChI is InChI=1S/C28H24FN3O3S/c1-2-34-21-13-11-20(12-14-21)32-27(33)24(30-28(32)36)17-19-18-31(25-9-5-3-7-22(19)25)15-16-35-26-10-6-4-8-23(26)29/h3-14,17-18H,2,15-16H2,1H3,(H,30,36)/b24-17-. The third-order valence-electron chi connectivity index (χ3n) is 5.83. The molecule has 4 aromatic rings. The quantitative estimate of drug-likeness (QED) is 0.255. The topological polar surface area (TPSA) is 55.7 Å². The maximum absolute atomic E-state index is 13.9. The fraction of sp³-hybridized carbons (Fsp3) is 0.143. The molecule has 0 spiro atoms. The molecule has 36 heavy (non-hydrogen) atoms. The minimum atomic E-state index is -0.390. The molecular formula is C28H24FN3O3S. The molecule has 1 fully saturated rings. The molecule has 2 heterocycles. The first-order valence-corrected chi connectivity index (χ1v) is 12.0. The molecular weight excluding hydrogens is 477 g/mol. The normalized spacial score (nSPS) is 14.5. The lowest BCUT2D eigenvalue weighted by molar-refractivity contribution is -0.113. The monoisotopic (exact) mass is 501 g/mol. The van der Waals surface area contributed by atoms with Gasteiger partial charge in [-0.1, -0.05) is 30.3 Å². The number of para-hydroxylation sites is 2. The molecule has 1 N–H and O–H groups in total. The van der Waals surface area contributed by atoms with E-state index >= 15 is 0 Å². The van der Waals surface area contributed by atoms with Gasteiger partial charge in [0.15, 0.2) is 16.7 Å². The van der Waals surface area contributed by atoms with Gasteiger partial charge in [0.2, 0.25) is 0 Å². The van der Waals surface area contributed by atoms with Crippen LogP contribution in [0.25, 0.3) is 17.0 Å². The largest absolute Gasteiger partial charge is 0.494 e. The zero-order valence-corrected chi connectivity index (χ0v) is 20.4. The number of benzene rings is 3. The molecule has 1 aliphatic rings. The van der Waals surface area contributed by atoms with Crippen LogP contribution in [0.2, 0.25) is 0 Å². The van der Waals surface area contributed by atoms with E-state index in [1.165, 1.54) is 11.0 Å². The predicted molar refractivity (Wildman–Crippen MR) is 143 cm³/mol. The molecule has 1 aliphatic heterocycles. The number of anilines is 1. The van der Waals surface area contributed by atoms with Gasteiger partial charge in [0.25, 0.3) is 5.91 Å². The third-order valence-corrected chi connectivity index (χ3v) is 6.11. The average Bonchev–Trinajstić information content (AvgIpc) is 3.37. The van der Waals surface area contributed by atoms with Crippen molar-refractivity contribution in [1.82, 2.24) is 9.88 Å². The van der Waals surface area contributed by atoms with Gasteiger partial charge < -0.3 is 19.4 Å². The van der Waals surface area contributed by atoms with Crippen LogP contribution in [0.5, 0.6) is 11.5 Å². The molecule has 3 aromatic carbocycles. The predicted octanol–water partition coefficient (Wildman–Crippen LogP) is 5.52. The first-order valence-electron chi connectivity index (χ1n) is 11.6. The summed E-state index contributed by atoms with van der Waals surface area (Å²) < 4.78 is 27.0. The molecule has 6 nitrogen and oxygen atoms in total. The van der Waals surface area contributed by atoms with Crippen LogP contribution in [0.15, 0.2) is 84.7 Å². The summed E-state index contributed by atoms with van der Waals surface area (Å²) in [5.74, 6) is 0.331. The Morgan fingerprint density at radius 2 is 1.75 bits per heavy atom. The minimum Gasteiger partial charge on any atom is -0.494 e. The van der Waals surface area contributed by atoms with Crippen LogP contribution >= 0.6 is 12.2 Å². The van der Waals surface area contributed by atoms with Gasteiger partial charge in [-0.05, 0) is 67.7 Å². The highest BCUT2D eigenvalue weighted by atomic mass is 32.1. The van der Waals surface area contributed by atoms with Crippen LogP contribution in [0.4, 0.5) is 10.1 Å². The number of halogens is 1. The Bertz CT molecular complexity index is 1460. The van der Waals surface area contributed by atoms with E-state index in [2.05, 4.69) is 5.32 Å². The first kappa shape index (κ1) is 23.6. The lowest BCUT2D eigenvalue weighted by Gasteiger charge is -2.14. The van der Waals surface area contributed by atoms with E-state index < -0.39 is 0 Å². The van der Waals surface area contributed by atoms with Crippen molar-refractivity contribution in [1.29, 1.82) is 0 Å². The Morgan fingerprint density at radius 3 is 2.53 bits per heavy atom. The summed E-state index contributed by atoms with van der Waals surface area (Å²) >= 11 is 5.46. The molecule has 8 heteroatoms. The maximum atomic E-state index is 13.9. The number of nitrogens with one attached hydrogen (secondary N) is 1. The summed E-state index contributed by atoms with van der Waals surface area (Å²) in [5, 5.41) is 4.35. The summed E-state index contributed by atoms with van der Waals surface area (Å²) in [6.07, 6.45) is 3.76. The maximum Gasteiger partial charge on any atom is 0.281 e. The van der Waals surface area contributed by atoms with Crippen molar-refractivity contribution in [3.8, 4) is 11.5 Å². The zero-order valence-electron chi connectivity index (χ0n) is 19.6. The second-order valence-electron chi connectivity index (χ2n) is 8.13. The Hall–Kier alpha value is -4.17. The zero-order chi connectivity index (χ0) is 25.1. The summed E-state index contributed by atoms with van der Waals surface area (Å²) in [6.45, 7) is 3.29. The summed E-state index contributed by atoms with van der Waals surface area (Å²) in [4.78, 5) is 14.7. The Morgan fingerprint density at radius 1 is 1.00 bits per heavy atom. The molecule has 0 radical (unpaired) electrons. The number of carbonyl (C=O) groups is 1. The molecule has 182 valence electrons. The second kappa shape index (κ2) is 10.2. The number of thiocarbonyl (C=S) groups is 1. The summed E-state index contributed by atoms with van der Waals surface area (Å²) in [7, 11) is 0. The number of hydrogen-bond acceptors (Lipinski definition) is 4. The van der Waals surface area contributed by atoms with E-state index in [0.29, 0.717) is 36.3 Å². The van der Waals surface area contributed by atoms with Crippen LogP contribution < -0.4 is 19.7 Å². The van der Waals surface area contributed by atoms with E-state index in [-0.39, 0.29) is 17.5 Å². The van der Waals surface area contributed by atoms with Gasteiger partial charge in [0, 0.05) is 22.7 Å². The van der Waals surface area contributed by atoms with Gasteiger partial charge >= 0.3 is 0 Å². The highest BCUT2D eigenvalue weighted by Crippen LogP contribution is 2.28. The fourth-order valence-electron chi connectivity index (χ4n) is 4.17. The molecule has 0 bridgehead atoms. The SMILES string of the molecule is CCOc1ccc(N2C(=O)/C(=C/c3cn(CCOc4ccccc4F)c4ccccc34)NC2=S)cc1. The third kappa shape index (κ3) is 4.67. The van der Waals surface area contributed by atoms with Crippen LogP contribution in [-0.2, 0) is 11.3 Å². The van der Waals surface area contributed by atoms with Crippen molar-refractivity contribution in [3.63, 3.8) is 0 Å². The number of ether oxygens (including phenoxy) is 2. The summed E-state index contributed by atoms with van der Waals surface area (Å²) in [5.41, 5.74) is 2.90. The first-order chi connectivity index (χ1) is 17.5. The van der Waals surface area contributed by atoms with Crippen molar-refractivity contribution in [2.45, 2.75) is 13.5 Å². The lowest BCUT2D eigenvalue weighted by Crippen LogP contribution is -2.30. The van der Waals surface area contributed by atoms with Crippen LogP contribution in [0.1, 0.15) is 12.5 Å². The van der Waals surface area contributed by atoms with E-state index in [0.717, 1.165) is 22.2 Å². The van der Waals surface area contributed by atoms with Crippen LogP contribution in [-0.4, -0.2) is 28.8 Å². The Labute approximate surface area is 213 Å². The van der Waals surface area contributed by atoms with Crippen molar-refractivity contribution in [3.05, 3.63) is 96.1 Å². The van der Waals surface area contributed by atoms with Crippen molar-refractivity contribution in [2.24, 2.45) is 0 Å². The number of fused-ring (bicyclic) bond motifs is 1. The van der Waals surface area contributed by atoms with Crippen LogP contribution in [0, 0.1) is 5.82 Å². The number of aromatic nitrogens is 1. The van der Waals surface area contributed by atoms with Gasteiger partial charge in [-0.3, -0.25) is 9.69 Å². The Kier molecular flexibility index (Phi) is 6.69. The van der Waals surface area contributed by atoms with Crippen LogP contribution in [0.3, 0.4) is 0 Å². The molecule has 1 amide bonds. The van der Waals surface area contributed by atoms with E-state index in [9.17, 15) is 9.18 Å². The second-order valence-corrected chi connectivity index (χ2v) is 8.52. The van der Waals surface area contributed by atoms with Gasteiger partial charge in [0.05, 0.1) is 18.8 Å². The van der Waals surface area contributed by atoms with Crippen molar-refractivity contribution < 1.29 is 18.7 Å². The van der Waals surface area contributed by atoms with E-state index in [1.54, 1.807) is 36.4 Å². The van der Waals surface area contributed by atoms with Crippen molar-refractivity contribution >= 4 is 45.9 Å². The highest BCUT2D eigenvalue weighted by Gasteiger charge is 2.32. The highest BCUT2D eigenvalue weighted by molar-refractivity contribution is 7.80. The molecule has 0 atom stereocenters. The number of rotatable bonds is 8. The van der Waals surface area contributed by atoms with Crippen molar-refractivity contribution in [2.75, 3.05) is 18.1 Å². The molecule has 5 rings (SSSR count). The molecule has 1 aromatic heterocycles. The molecule has 1 saturated heterocycles. The average molecular weight is 502 g/mol. The minimum absolute atomic E-state index is 0.222. The smallest absolute Gasteiger partial charge is 0.281 e. The van der Waals surface area contributed by atoms with Gasteiger partial charge in [-0.15, -0.1) is 0 Å². The number of carbonyl (C=O) groups excluding carboxylic acids is 1. The van der Waals surface area contributed by atoms with E-state index in [1.807, 2.05) is 54.1 Å². The molecule has 0 aliphatic carbocycles. The van der Waals surface area contributed by atoms with E-state index in [4.69, 9.17) is 21.7 Å². The number of nitrogens with zero attached hydrogens (tertiary/aromatic N) is 2. The van der Waals surface area contributed by atoms with Gasteiger partial charge in [-0.2, -0.15) is 0 Å². The van der Waals surface area contributed by atoms with Gasteiger partial charge in [-0.25, -0.2) is 4.39 Å². The molecule has 0 unspecified atom stereocenters. The number of amides is 1. The molecule has 0 saturated carbocycles. The Balaban J connectivity index is 1.38. The lowest BCUT2D eigenvalue weighted by atomic mass is 10.1. The number of hydrogen-bond donors (Lipinski definition) is 1. The summed E-state index contributed by atoms with van der Waals surface area (Å²) in [6, 6.07) is 21.5. The van der Waals surface area contributed by atoms with Gasteiger partial charge in [0.1, 0.15) is 18.1 Å².